The lowest BCUT2D eigenvalue weighted by Gasteiger charge is -2.03. The van der Waals surface area contributed by atoms with Crippen molar-refractivity contribution in [3.8, 4) is 0 Å². The highest BCUT2D eigenvalue weighted by molar-refractivity contribution is 5.91. The van der Waals surface area contributed by atoms with Crippen LogP contribution in [-0.2, 0) is 4.79 Å². The highest BCUT2D eigenvalue weighted by Gasteiger charge is 2.00. The summed E-state index contributed by atoms with van der Waals surface area (Å²) < 4.78 is 0. The molecule has 0 unspecified atom stereocenters. The summed E-state index contributed by atoms with van der Waals surface area (Å²) in [6, 6.07) is 0. The number of anilines is 1. The second-order valence-electron chi connectivity index (χ2n) is 2.56. The molecule has 0 bridgehead atoms. The van der Waals surface area contributed by atoms with E-state index < -0.39 is 0 Å². The van der Waals surface area contributed by atoms with Crippen molar-refractivity contribution in [3.63, 3.8) is 0 Å². The summed E-state index contributed by atoms with van der Waals surface area (Å²) in [5.41, 5.74) is 0. The first kappa shape index (κ1) is 10.3. The van der Waals surface area contributed by atoms with Crippen LogP contribution in [0.1, 0.15) is 0 Å². The molecule has 0 aliphatic carbocycles. The molecule has 1 aromatic rings. The van der Waals surface area contributed by atoms with Crippen LogP contribution in [0, 0.1) is 0 Å². The van der Waals surface area contributed by atoms with Crippen LogP contribution in [0.25, 0.3) is 0 Å². The smallest absolute Gasteiger partial charge is 0.239 e. The summed E-state index contributed by atoms with van der Waals surface area (Å²) in [5.74, 6) is 0.310. The van der Waals surface area contributed by atoms with Crippen molar-refractivity contribution in [1.82, 2.24) is 15.3 Å². The molecule has 0 spiro atoms. The molecule has 0 saturated heterocycles. The Morgan fingerprint density at radius 2 is 2.43 bits per heavy atom. The Morgan fingerprint density at radius 1 is 1.57 bits per heavy atom. The van der Waals surface area contributed by atoms with E-state index in [0.29, 0.717) is 12.4 Å². The predicted molar refractivity (Wildman–Crippen MR) is 53.7 cm³/mol. The molecule has 0 fully saturated rings. The number of carbonyl (C=O) groups is 1. The van der Waals surface area contributed by atoms with E-state index in [9.17, 15) is 4.79 Å². The van der Waals surface area contributed by atoms with Crippen LogP contribution in [0.15, 0.2) is 31.2 Å². The van der Waals surface area contributed by atoms with Crippen molar-refractivity contribution in [2.45, 2.75) is 0 Å². The average Bonchev–Trinajstić information content (AvgIpc) is 2.20. The van der Waals surface area contributed by atoms with E-state index in [-0.39, 0.29) is 12.5 Å². The summed E-state index contributed by atoms with van der Waals surface area (Å²) in [6.07, 6.45) is 6.25. The molecule has 5 heteroatoms. The third-order valence-corrected chi connectivity index (χ3v) is 1.40. The zero-order valence-electron chi connectivity index (χ0n) is 7.73. The van der Waals surface area contributed by atoms with E-state index >= 15 is 0 Å². The lowest BCUT2D eigenvalue weighted by atomic mass is 10.5. The van der Waals surface area contributed by atoms with Crippen LogP contribution in [-0.4, -0.2) is 29.0 Å². The first-order chi connectivity index (χ1) is 6.83. The van der Waals surface area contributed by atoms with Gasteiger partial charge in [0.05, 0.1) is 12.7 Å². The zero-order valence-corrected chi connectivity index (χ0v) is 7.73. The minimum absolute atomic E-state index is 0.146. The van der Waals surface area contributed by atoms with Gasteiger partial charge in [0.25, 0.3) is 0 Å². The van der Waals surface area contributed by atoms with Crippen LogP contribution in [0.4, 0.5) is 5.82 Å². The van der Waals surface area contributed by atoms with Gasteiger partial charge in [0.2, 0.25) is 5.91 Å². The number of carbonyl (C=O) groups excluding carboxylic acids is 1. The Hall–Kier alpha value is -1.75. The molecular formula is C9H12N4O. The minimum atomic E-state index is -0.146. The van der Waals surface area contributed by atoms with Crippen molar-refractivity contribution in [1.29, 1.82) is 0 Å². The molecule has 74 valence electrons. The number of nitrogens with one attached hydrogen (secondary N) is 2. The van der Waals surface area contributed by atoms with Gasteiger partial charge in [-0.25, -0.2) is 4.98 Å². The van der Waals surface area contributed by atoms with E-state index in [2.05, 4.69) is 27.2 Å². The van der Waals surface area contributed by atoms with Crippen LogP contribution >= 0.6 is 0 Å². The van der Waals surface area contributed by atoms with Crippen molar-refractivity contribution >= 4 is 11.7 Å². The van der Waals surface area contributed by atoms with E-state index in [1.807, 2.05) is 0 Å². The molecule has 0 aliphatic rings. The van der Waals surface area contributed by atoms with Gasteiger partial charge >= 0.3 is 0 Å². The van der Waals surface area contributed by atoms with Gasteiger partial charge in [-0.1, -0.05) is 6.08 Å². The quantitative estimate of drug-likeness (QED) is 0.516. The van der Waals surface area contributed by atoms with E-state index in [1.54, 1.807) is 12.3 Å². The van der Waals surface area contributed by atoms with Gasteiger partial charge in [0.15, 0.2) is 5.82 Å². The third kappa shape index (κ3) is 3.77. The molecule has 14 heavy (non-hydrogen) atoms. The molecule has 1 aromatic heterocycles. The zero-order chi connectivity index (χ0) is 10.2. The van der Waals surface area contributed by atoms with Crippen LogP contribution in [0.5, 0.6) is 0 Å². The SMILES string of the molecule is C=CCNCC(=O)Nc1cnccn1. The molecule has 0 atom stereocenters. The second-order valence-corrected chi connectivity index (χ2v) is 2.56. The number of hydrogen-bond donors (Lipinski definition) is 2. The normalized spacial score (nSPS) is 9.43. The maximum Gasteiger partial charge on any atom is 0.239 e. The van der Waals surface area contributed by atoms with E-state index in [0.717, 1.165) is 0 Å². The maximum atomic E-state index is 11.2. The van der Waals surface area contributed by atoms with Crippen molar-refractivity contribution in [2.24, 2.45) is 0 Å². The first-order valence-electron chi connectivity index (χ1n) is 4.20. The molecule has 5 nitrogen and oxygen atoms in total. The number of amides is 1. The molecule has 1 rings (SSSR count). The summed E-state index contributed by atoms with van der Waals surface area (Å²) in [4.78, 5) is 18.9. The number of nitrogens with zero attached hydrogens (tertiary/aromatic N) is 2. The Bertz CT molecular complexity index is 299. The van der Waals surface area contributed by atoms with Gasteiger partial charge in [-0.15, -0.1) is 6.58 Å². The molecule has 0 radical (unpaired) electrons. The Kier molecular flexibility index (Phi) is 4.30. The minimum Gasteiger partial charge on any atom is -0.308 e. The van der Waals surface area contributed by atoms with Crippen molar-refractivity contribution < 1.29 is 4.79 Å². The van der Waals surface area contributed by atoms with Crippen LogP contribution in [0.2, 0.25) is 0 Å². The molecular weight excluding hydrogens is 180 g/mol. The van der Waals surface area contributed by atoms with Gasteiger partial charge in [-0.2, -0.15) is 0 Å². The summed E-state index contributed by atoms with van der Waals surface area (Å²) in [7, 11) is 0. The van der Waals surface area contributed by atoms with Gasteiger partial charge in [0.1, 0.15) is 0 Å². The predicted octanol–water partition coefficient (Wildman–Crippen LogP) is 0.191. The van der Waals surface area contributed by atoms with Crippen LogP contribution < -0.4 is 10.6 Å². The molecule has 1 heterocycles. The standard InChI is InChI=1S/C9H12N4O/c1-2-3-10-7-9(14)13-8-6-11-4-5-12-8/h2,4-6,10H,1,3,7H2,(H,12,13,14). The fourth-order valence-corrected chi connectivity index (χ4v) is 0.838. The summed E-state index contributed by atoms with van der Waals surface area (Å²) >= 11 is 0. The van der Waals surface area contributed by atoms with Gasteiger partial charge < -0.3 is 10.6 Å². The molecule has 0 saturated carbocycles. The highest BCUT2D eigenvalue weighted by Crippen LogP contribution is 1.95. The second kappa shape index (κ2) is 5.82. The topological polar surface area (TPSA) is 66.9 Å². The van der Waals surface area contributed by atoms with E-state index in [4.69, 9.17) is 0 Å². The highest BCUT2D eigenvalue weighted by atomic mass is 16.1. The third-order valence-electron chi connectivity index (χ3n) is 1.40. The molecule has 2 N–H and O–H groups in total. The Balaban J connectivity index is 2.31. The fourth-order valence-electron chi connectivity index (χ4n) is 0.838. The van der Waals surface area contributed by atoms with Crippen molar-refractivity contribution in [3.05, 3.63) is 31.2 Å². The number of hydrogen-bond acceptors (Lipinski definition) is 4. The number of aromatic nitrogens is 2. The molecule has 1 amide bonds. The van der Waals surface area contributed by atoms with Crippen molar-refractivity contribution in [2.75, 3.05) is 18.4 Å². The Labute approximate surface area is 82.3 Å². The Morgan fingerprint density at radius 3 is 3.07 bits per heavy atom. The van der Waals surface area contributed by atoms with E-state index in [1.165, 1.54) is 12.4 Å². The monoisotopic (exact) mass is 192 g/mol. The number of rotatable bonds is 5. The molecule has 0 aliphatic heterocycles. The fraction of sp³-hybridized carbons (Fsp3) is 0.222. The van der Waals surface area contributed by atoms with Gasteiger partial charge in [-0.3, -0.25) is 9.78 Å². The molecule has 0 aromatic carbocycles. The first-order valence-corrected chi connectivity index (χ1v) is 4.20. The van der Waals surface area contributed by atoms with Gasteiger partial charge in [-0.05, 0) is 0 Å². The summed E-state index contributed by atoms with van der Waals surface area (Å²) in [5, 5.41) is 5.47. The lowest BCUT2D eigenvalue weighted by molar-refractivity contribution is -0.115. The maximum absolute atomic E-state index is 11.2. The van der Waals surface area contributed by atoms with Gasteiger partial charge in [0, 0.05) is 18.9 Å². The van der Waals surface area contributed by atoms with Crippen LogP contribution in [0.3, 0.4) is 0 Å². The summed E-state index contributed by atoms with van der Waals surface area (Å²) in [6.45, 7) is 4.37. The average molecular weight is 192 g/mol. The lowest BCUT2D eigenvalue weighted by Crippen LogP contribution is -2.28. The largest absolute Gasteiger partial charge is 0.308 e.